The molecule has 0 saturated heterocycles. The summed E-state index contributed by atoms with van der Waals surface area (Å²) < 4.78 is 5.27. The molecule has 0 bridgehead atoms. The van der Waals surface area contributed by atoms with Crippen LogP contribution in [0.5, 0.6) is 0 Å². The summed E-state index contributed by atoms with van der Waals surface area (Å²) in [7, 11) is 0. The van der Waals surface area contributed by atoms with Crippen molar-refractivity contribution in [1.29, 1.82) is 0 Å². The van der Waals surface area contributed by atoms with Crippen LogP contribution in [0.25, 0.3) is 10.9 Å². The summed E-state index contributed by atoms with van der Waals surface area (Å²) in [6.45, 7) is 7.50. The standard InChI is InChI=1S/C17H20N2O3/c1-5-18-16(20)12(4)22-17(21)15-10(2)13-8-6-7-9-14(13)19-11(15)3/h6-9,12H,5H2,1-4H3,(H,18,20)/t12-/m0/s1. The maximum absolute atomic E-state index is 12.4. The molecule has 0 fully saturated rings. The number of amides is 1. The number of rotatable bonds is 4. The molecule has 1 atom stereocenters. The fraction of sp³-hybridized carbons (Fsp3) is 0.353. The minimum absolute atomic E-state index is 0.306. The third kappa shape index (κ3) is 3.08. The van der Waals surface area contributed by atoms with Crippen LogP contribution in [0, 0.1) is 13.8 Å². The second kappa shape index (κ2) is 6.56. The third-order valence-corrected chi connectivity index (χ3v) is 3.54. The Labute approximate surface area is 129 Å². The summed E-state index contributed by atoms with van der Waals surface area (Å²) >= 11 is 0. The fourth-order valence-corrected chi connectivity index (χ4v) is 2.42. The van der Waals surface area contributed by atoms with Crippen molar-refractivity contribution in [3.63, 3.8) is 0 Å². The molecule has 0 saturated carbocycles. The zero-order chi connectivity index (χ0) is 16.3. The van der Waals surface area contributed by atoms with Crippen LogP contribution in [-0.4, -0.2) is 29.5 Å². The minimum Gasteiger partial charge on any atom is -0.449 e. The number of pyridine rings is 1. The number of carbonyl (C=O) groups excluding carboxylic acids is 2. The molecule has 22 heavy (non-hydrogen) atoms. The number of aryl methyl sites for hydroxylation is 2. The molecule has 2 aromatic rings. The molecule has 1 aromatic carbocycles. The van der Waals surface area contributed by atoms with Crippen LogP contribution in [0.1, 0.15) is 35.5 Å². The van der Waals surface area contributed by atoms with Crippen LogP contribution in [0.3, 0.4) is 0 Å². The molecule has 5 heteroatoms. The van der Waals surface area contributed by atoms with Crippen molar-refractivity contribution in [3.8, 4) is 0 Å². The van der Waals surface area contributed by atoms with E-state index in [1.54, 1.807) is 13.8 Å². The van der Waals surface area contributed by atoms with E-state index in [4.69, 9.17) is 4.74 Å². The van der Waals surface area contributed by atoms with Crippen LogP contribution >= 0.6 is 0 Å². The van der Waals surface area contributed by atoms with E-state index < -0.39 is 12.1 Å². The summed E-state index contributed by atoms with van der Waals surface area (Å²) in [6.07, 6.45) is -0.835. The number of ether oxygens (including phenoxy) is 1. The number of benzene rings is 1. The topological polar surface area (TPSA) is 68.3 Å². The summed E-state index contributed by atoms with van der Waals surface area (Å²) in [6, 6.07) is 7.63. The zero-order valence-electron chi connectivity index (χ0n) is 13.3. The van der Waals surface area contributed by atoms with Crippen molar-refractivity contribution in [2.24, 2.45) is 0 Å². The molecule has 5 nitrogen and oxygen atoms in total. The van der Waals surface area contributed by atoms with E-state index >= 15 is 0 Å². The van der Waals surface area contributed by atoms with Crippen molar-refractivity contribution in [3.05, 3.63) is 41.1 Å². The van der Waals surface area contributed by atoms with E-state index in [0.29, 0.717) is 17.8 Å². The Hall–Kier alpha value is -2.43. The highest BCUT2D eigenvalue weighted by Crippen LogP contribution is 2.23. The molecule has 1 amide bonds. The molecule has 0 aliphatic heterocycles. The second-order valence-corrected chi connectivity index (χ2v) is 5.16. The molecule has 0 radical (unpaired) electrons. The highest BCUT2D eigenvalue weighted by atomic mass is 16.5. The van der Waals surface area contributed by atoms with Crippen LogP contribution in [0.4, 0.5) is 0 Å². The molecule has 1 heterocycles. The Morgan fingerprint density at radius 1 is 1.27 bits per heavy atom. The van der Waals surface area contributed by atoms with Gasteiger partial charge in [0.1, 0.15) is 0 Å². The van der Waals surface area contributed by atoms with Crippen molar-refractivity contribution in [2.45, 2.75) is 33.8 Å². The lowest BCUT2D eigenvalue weighted by molar-refractivity contribution is -0.128. The maximum atomic E-state index is 12.4. The Kier molecular flexibility index (Phi) is 4.75. The predicted molar refractivity (Wildman–Crippen MR) is 84.8 cm³/mol. The predicted octanol–water partition coefficient (Wildman–Crippen LogP) is 2.53. The van der Waals surface area contributed by atoms with Crippen molar-refractivity contribution >= 4 is 22.8 Å². The number of fused-ring (bicyclic) bond motifs is 1. The first-order valence-corrected chi connectivity index (χ1v) is 7.30. The number of likely N-dealkylation sites (N-methyl/N-ethyl adjacent to an activating group) is 1. The Bertz CT molecular complexity index is 725. The molecule has 1 aromatic heterocycles. The summed E-state index contributed by atoms with van der Waals surface area (Å²) in [5, 5.41) is 3.54. The van der Waals surface area contributed by atoms with E-state index in [9.17, 15) is 9.59 Å². The number of carbonyl (C=O) groups is 2. The first kappa shape index (κ1) is 15.9. The largest absolute Gasteiger partial charge is 0.449 e. The zero-order valence-corrected chi connectivity index (χ0v) is 13.3. The molecule has 0 aliphatic rings. The van der Waals surface area contributed by atoms with Gasteiger partial charge < -0.3 is 10.1 Å². The van der Waals surface area contributed by atoms with Gasteiger partial charge in [0, 0.05) is 11.9 Å². The average molecular weight is 300 g/mol. The number of esters is 1. The monoisotopic (exact) mass is 300 g/mol. The highest BCUT2D eigenvalue weighted by Gasteiger charge is 2.22. The molecule has 2 rings (SSSR count). The minimum atomic E-state index is -0.835. The first-order chi connectivity index (χ1) is 10.5. The SMILES string of the molecule is CCNC(=O)[C@H](C)OC(=O)c1c(C)nc2ccccc2c1C. The van der Waals surface area contributed by atoms with Gasteiger partial charge in [-0.1, -0.05) is 18.2 Å². The summed E-state index contributed by atoms with van der Waals surface area (Å²) in [5.41, 5.74) is 2.68. The Balaban J connectivity index is 2.34. The van der Waals surface area contributed by atoms with Gasteiger partial charge in [0.25, 0.3) is 5.91 Å². The van der Waals surface area contributed by atoms with Gasteiger partial charge >= 0.3 is 5.97 Å². The maximum Gasteiger partial charge on any atom is 0.341 e. The second-order valence-electron chi connectivity index (χ2n) is 5.16. The van der Waals surface area contributed by atoms with E-state index in [0.717, 1.165) is 16.5 Å². The van der Waals surface area contributed by atoms with E-state index in [1.807, 2.05) is 38.1 Å². The third-order valence-electron chi connectivity index (χ3n) is 3.54. The van der Waals surface area contributed by atoms with Crippen LogP contribution in [0.2, 0.25) is 0 Å². The summed E-state index contributed by atoms with van der Waals surface area (Å²) in [4.78, 5) is 28.5. The summed E-state index contributed by atoms with van der Waals surface area (Å²) in [5.74, 6) is -0.827. The number of para-hydroxylation sites is 1. The number of hydrogen-bond donors (Lipinski definition) is 1. The van der Waals surface area contributed by atoms with Gasteiger partial charge in [0.15, 0.2) is 6.10 Å². The Morgan fingerprint density at radius 2 is 1.95 bits per heavy atom. The number of nitrogens with one attached hydrogen (secondary N) is 1. The van der Waals surface area contributed by atoms with Crippen molar-refractivity contribution in [2.75, 3.05) is 6.54 Å². The molecule has 0 aliphatic carbocycles. The van der Waals surface area contributed by atoms with Crippen LogP contribution in [0.15, 0.2) is 24.3 Å². The van der Waals surface area contributed by atoms with Crippen molar-refractivity contribution in [1.82, 2.24) is 10.3 Å². The number of aromatic nitrogens is 1. The van der Waals surface area contributed by atoms with Gasteiger partial charge in [-0.15, -0.1) is 0 Å². The molecule has 116 valence electrons. The van der Waals surface area contributed by atoms with Gasteiger partial charge in [-0.25, -0.2) is 4.79 Å². The van der Waals surface area contributed by atoms with E-state index in [1.165, 1.54) is 0 Å². The first-order valence-electron chi connectivity index (χ1n) is 7.30. The van der Waals surface area contributed by atoms with Crippen LogP contribution in [-0.2, 0) is 9.53 Å². The molecule has 0 unspecified atom stereocenters. The molecule has 1 N–H and O–H groups in total. The number of nitrogens with zero attached hydrogens (tertiary/aromatic N) is 1. The van der Waals surface area contributed by atoms with Crippen LogP contribution < -0.4 is 5.32 Å². The fourth-order valence-electron chi connectivity index (χ4n) is 2.42. The smallest absolute Gasteiger partial charge is 0.341 e. The van der Waals surface area contributed by atoms with Crippen molar-refractivity contribution < 1.29 is 14.3 Å². The lowest BCUT2D eigenvalue weighted by atomic mass is 10.0. The molecular weight excluding hydrogens is 280 g/mol. The van der Waals surface area contributed by atoms with Gasteiger partial charge in [0.05, 0.1) is 16.8 Å². The van der Waals surface area contributed by atoms with Gasteiger partial charge in [-0.3, -0.25) is 9.78 Å². The lowest BCUT2D eigenvalue weighted by Gasteiger charge is -2.15. The van der Waals surface area contributed by atoms with Gasteiger partial charge in [-0.2, -0.15) is 0 Å². The average Bonchev–Trinajstić information content (AvgIpc) is 2.47. The van der Waals surface area contributed by atoms with E-state index in [2.05, 4.69) is 10.3 Å². The molecule has 0 spiro atoms. The quantitative estimate of drug-likeness (QED) is 0.881. The highest BCUT2D eigenvalue weighted by molar-refractivity contribution is 5.99. The Morgan fingerprint density at radius 3 is 2.64 bits per heavy atom. The normalized spacial score (nSPS) is 12.0. The number of hydrogen-bond acceptors (Lipinski definition) is 4. The van der Waals surface area contributed by atoms with Gasteiger partial charge in [0.2, 0.25) is 0 Å². The molecular formula is C17H20N2O3. The van der Waals surface area contributed by atoms with Gasteiger partial charge in [-0.05, 0) is 39.3 Å². The lowest BCUT2D eigenvalue weighted by Crippen LogP contribution is -2.35. The van der Waals surface area contributed by atoms with E-state index in [-0.39, 0.29) is 5.91 Å².